The van der Waals surface area contributed by atoms with Gasteiger partial charge in [0.15, 0.2) is 11.6 Å². The standard InChI is InChI=1S/C31H33FN8O3/c1-31(2,3)43-30(42)38-12-11-37(18-26(41)19-38)17-22-9-10-39-28(22)29(33-20-35-39)36-25-7-8-27-23(14-25)15-34-40(27)16-21-5-4-6-24(32)13-21/h4-10,13-15,20H,11-12,16-19H2,1-3H3,(H,33,35,36). The molecule has 1 fully saturated rings. The van der Waals surface area contributed by atoms with Crippen LogP contribution in [0.15, 0.2) is 67.3 Å². The fourth-order valence-electron chi connectivity index (χ4n) is 5.26. The zero-order valence-electron chi connectivity index (χ0n) is 24.3. The van der Waals surface area contributed by atoms with Crippen molar-refractivity contribution in [2.24, 2.45) is 0 Å². The molecular weight excluding hydrogens is 551 g/mol. The van der Waals surface area contributed by atoms with Crippen molar-refractivity contribution in [1.29, 1.82) is 0 Å². The van der Waals surface area contributed by atoms with Gasteiger partial charge in [0, 0.05) is 36.9 Å². The van der Waals surface area contributed by atoms with E-state index in [1.54, 1.807) is 16.8 Å². The van der Waals surface area contributed by atoms with Gasteiger partial charge in [0.1, 0.15) is 23.3 Å². The zero-order chi connectivity index (χ0) is 30.1. The van der Waals surface area contributed by atoms with Crippen LogP contribution in [0.4, 0.5) is 20.7 Å². The molecule has 222 valence electrons. The Balaban J connectivity index is 1.19. The molecule has 4 heterocycles. The number of nitrogens with one attached hydrogen (secondary N) is 1. The minimum atomic E-state index is -0.630. The third-order valence-corrected chi connectivity index (χ3v) is 7.16. The molecule has 5 aromatic rings. The summed E-state index contributed by atoms with van der Waals surface area (Å²) in [6.07, 6.45) is 4.66. The van der Waals surface area contributed by atoms with Crippen LogP contribution in [0.5, 0.6) is 0 Å². The summed E-state index contributed by atoms with van der Waals surface area (Å²) < 4.78 is 22.7. The largest absolute Gasteiger partial charge is 0.444 e. The molecule has 1 saturated heterocycles. The van der Waals surface area contributed by atoms with Gasteiger partial charge < -0.3 is 10.1 Å². The Bertz CT molecular complexity index is 1810. The summed E-state index contributed by atoms with van der Waals surface area (Å²) in [5.41, 5.74) is 3.70. The highest BCUT2D eigenvalue weighted by atomic mass is 19.1. The van der Waals surface area contributed by atoms with E-state index in [1.165, 1.54) is 23.4 Å². The predicted octanol–water partition coefficient (Wildman–Crippen LogP) is 4.63. The first kappa shape index (κ1) is 28.3. The first-order chi connectivity index (χ1) is 20.6. The highest BCUT2D eigenvalue weighted by molar-refractivity contribution is 5.87. The average Bonchev–Trinajstić information content (AvgIpc) is 3.48. The number of anilines is 2. The van der Waals surface area contributed by atoms with Crippen molar-refractivity contribution in [3.05, 3.63) is 84.2 Å². The molecule has 0 unspecified atom stereocenters. The molecule has 6 rings (SSSR count). The van der Waals surface area contributed by atoms with E-state index in [0.717, 1.165) is 33.2 Å². The minimum absolute atomic E-state index is 0.0269. The lowest BCUT2D eigenvalue weighted by Gasteiger charge is -2.26. The Labute approximate surface area is 247 Å². The van der Waals surface area contributed by atoms with Gasteiger partial charge >= 0.3 is 6.09 Å². The molecule has 1 aliphatic heterocycles. The van der Waals surface area contributed by atoms with Gasteiger partial charge in [0.05, 0.1) is 31.3 Å². The Morgan fingerprint density at radius 2 is 1.91 bits per heavy atom. The van der Waals surface area contributed by atoms with Crippen molar-refractivity contribution in [3.63, 3.8) is 0 Å². The van der Waals surface area contributed by atoms with Crippen LogP contribution in [0.3, 0.4) is 0 Å². The maximum Gasteiger partial charge on any atom is 0.410 e. The molecule has 0 spiro atoms. The van der Waals surface area contributed by atoms with Crippen LogP contribution in [0.2, 0.25) is 0 Å². The van der Waals surface area contributed by atoms with Gasteiger partial charge in [-0.25, -0.2) is 18.7 Å². The molecule has 1 N–H and O–H groups in total. The van der Waals surface area contributed by atoms with E-state index in [4.69, 9.17) is 4.74 Å². The van der Waals surface area contributed by atoms with Crippen LogP contribution >= 0.6 is 0 Å². The highest BCUT2D eigenvalue weighted by Crippen LogP contribution is 2.27. The average molecular weight is 585 g/mol. The Hall–Kier alpha value is -4.84. The number of hydrogen-bond acceptors (Lipinski definition) is 8. The second-order valence-electron chi connectivity index (χ2n) is 11.7. The fourth-order valence-corrected chi connectivity index (χ4v) is 5.26. The maximum absolute atomic E-state index is 13.7. The Morgan fingerprint density at radius 1 is 1.05 bits per heavy atom. The molecule has 3 aromatic heterocycles. The Kier molecular flexibility index (Phi) is 7.53. The van der Waals surface area contributed by atoms with Gasteiger partial charge in [0.2, 0.25) is 0 Å². The third-order valence-electron chi connectivity index (χ3n) is 7.16. The van der Waals surface area contributed by atoms with Gasteiger partial charge in [0.25, 0.3) is 0 Å². The minimum Gasteiger partial charge on any atom is -0.444 e. The topological polar surface area (TPSA) is 110 Å². The van der Waals surface area contributed by atoms with Crippen LogP contribution in [0.25, 0.3) is 16.4 Å². The monoisotopic (exact) mass is 584 g/mol. The quantitative estimate of drug-likeness (QED) is 0.308. The lowest BCUT2D eigenvalue weighted by atomic mass is 10.2. The normalized spacial score (nSPS) is 14.8. The third kappa shape index (κ3) is 6.49. The summed E-state index contributed by atoms with van der Waals surface area (Å²) in [6, 6.07) is 14.4. The van der Waals surface area contributed by atoms with Gasteiger partial charge in [-0.1, -0.05) is 12.1 Å². The van der Waals surface area contributed by atoms with E-state index >= 15 is 0 Å². The second-order valence-corrected chi connectivity index (χ2v) is 11.7. The molecule has 1 amide bonds. The van der Waals surface area contributed by atoms with Gasteiger partial charge in [-0.05, 0) is 68.3 Å². The van der Waals surface area contributed by atoms with Crippen molar-refractivity contribution in [3.8, 4) is 0 Å². The van der Waals surface area contributed by atoms with Crippen LogP contribution < -0.4 is 5.32 Å². The van der Waals surface area contributed by atoms with E-state index in [-0.39, 0.29) is 24.7 Å². The van der Waals surface area contributed by atoms with E-state index in [0.29, 0.717) is 32.0 Å². The number of Topliss-reactive ketones (excluding diaryl/α,β-unsaturated/α-hetero) is 1. The number of halogens is 1. The van der Waals surface area contributed by atoms with E-state index in [9.17, 15) is 14.0 Å². The Morgan fingerprint density at radius 3 is 2.72 bits per heavy atom. The van der Waals surface area contributed by atoms with Crippen LogP contribution in [-0.2, 0) is 22.6 Å². The van der Waals surface area contributed by atoms with Crippen LogP contribution in [0, 0.1) is 5.82 Å². The summed E-state index contributed by atoms with van der Waals surface area (Å²) in [4.78, 5) is 33.4. The first-order valence-electron chi connectivity index (χ1n) is 14.1. The number of aromatic nitrogens is 5. The first-order valence-corrected chi connectivity index (χ1v) is 14.1. The number of ether oxygens (including phenoxy) is 1. The number of carbonyl (C=O) groups is 2. The molecule has 2 aromatic carbocycles. The summed E-state index contributed by atoms with van der Waals surface area (Å²) in [6.45, 7) is 7.54. The van der Waals surface area contributed by atoms with E-state index < -0.39 is 11.7 Å². The smallest absolute Gasteiger partial charge is 0.410 e. The summed E-state index contributed by atoms with van der Waals surface area (Å²) in [5, 5.41) is 13.2. The number of nitrogens with zero attached hydrogens (tertiary/aromatic N) is 7. The molecule has 12 heteroatoms. The lowest BCUT2D eigenvalue weighted by Crippen LogP contribution is -2.40. The summed E-state index contributed by atoms with van der Waals surface area (Å²) in [7, 11) is 0. The predicted molar refractivity (Wildman–Crippen MR) is 160 cm³/mol. The van der Waals surface area contributed by atoms with Gasteiger partial charge in [-0.15, -0.1) is 0 Å². The van der Waals surface area contributed by atoms with Crippen molar-refractivity contribution in [2.75, 3.05) is 31.5 Å². The number of amides is 1. The van der Waals surface area contributed by atoms with Crippen molar-refractivity contribution >= 4 is 39.8 Å². The second kappa shape index (κ2) is 11.4. The number of ketones is 1. The molecule has 0 aliphatic carbocycles. The number of fused-ring (bicyclic) bond motifs is 2. The molecule has 0 atom stereocenters. The van der Waals surface area contributed by atoms with E-state index in [1.807, 2.05) is 66.9 Å². The van der Waals surface area contributed by atoms with Gasteiger partial charge in [-0.3, -0.25) is 19.3 Å². The number of benzene rings is 2. The molecule has 0 saturated carbocycles. The van der Waals surface area contributed by atoms with Crippen LogP contribution in [-0.4, -0.2) is 77.8 Å². The van der Waals surface area contributed by atoms with Crippen LogP contribution in [0.1, 0.15) is 31.9 Å². The highest BCUT2D eigenvalue weighted by Gasteiger charge is 2.28. The number of carbonyl (C=O) groups excluding carboxylic acids is 2. The molecular formula is C31H33FN8O3. The molecule has 0 bridgehead atoms. The number of hydrogen-bond donors (Lipinski definition) is 1. The molecule has 0 radical (unpaired) electrons. The summed E-state index contributed by atoms with van der Waals surface area (Å²) >= 11 is 0. The SMILES string of the molecule is CC(C)(C)OC(=O)N1CCN(Cc2ccn3ncnc(Nc4ccc5c(cnn5Cc5cccc(F)c5)c4)c23)CC(=O)C1. The maximum atomic E-state index is 13.7. The molecule has 43 heavy (non-hydrogen) atoms. The molecule has 1 aliphatic rings. The zero-order valence-corrected chi connectivity index (χ0v) is 24.3. The summed E-state index contributed by atoms with van der Waals surface area (Å²) in [5.74, 6) is 0.303. The van der Waals surface area contributed by atoms with Crippen molar-refractivity contribution in [2.45, 2.75) is 39.5 Å². The van der Waals surface area contributed by atoms with Crippen molar-refractivity contribution < 1.29 is 18.7 Å². The lowest BCUT2D eigenvalue weighted by molar-refractivity contribution is -0.120. The fraction of sp³-hybridized carbons (Fsp3) is 0.323. The van der Waals surface area contributed by atoms with Gasteiger partial charge in [-0.2, -0.15) is 10.2 Å². The van der Waals surface area contributed by atoms with Crippen molar-refractivity contribution in [1.82, 2.24) is 34.2 Å². The van der Waals surface area contributed by atoms with E-state index in [2.05, 4.69) is 20.5 Å². The molecule has 11 nitrogen and oxygen atoms in total. The number of rotatable bonds is 6.